The number of nitrogens with one attached hydrogen (secondary N) is 1. The molecule has 2 aliphatic rings. The lowest BCUT2D eigenvalue weighted by atomic mass is 9.83. The minimum atomic E-state index is -0.761. The summed E-state index contributed by atoms with van der Waals surface area (Å²) in [5.74, 6) is -1.66. The number of hydrogen-bond donors (Lipinski definition) is 1. The van der Waals surface area contributed by atoms with Gasteiger partial charge in [-0.15, -0.1) is 0 Å². The van der Waals surface area contributed by atoms with E-state index in [9.17, 15) is 19.2 Å². The van der Waals surface area contributed by atoms with Crippen molar-refractivity contribution in [2.75, 3.05) is 17.3 Å². The van der Waals surface area contributed by atoms with E-state index in [1.54, 1.807) is 55.6 Å². The van der Waals surface area contributed by atoms with Crippen molar-refractivity contribution >= 4 is 63.8 Å². The summed E-state index contributed by atoms with van der Waals surface area (Å²) in [6.07, 6.45) is 0. The molecule has 4 aromatic rings. The Labute approximate surface area is 248 Å². The Morgan fingerprint density at radius 2 is 1.63 bits per heavy atom. The van der Waals surface area contributed by atoms with Crippen LogP contribution in [0.4, 0.5) is 11.4 Å². The summed E-state index contributed by atoms with van der Waals surface area (Å²) in [6.45, 7) is 1.70. The SMILES string of the molecule is COc1ccc([C@@H]2c3sc(=O)n(CC(=O)Nc4ccc(Cl)cc4)c3S[C@@H]3C(=O)N(c4ccc(C)cc4)C(=O)[C@H]23)cc1. The van der Waals surface area contributed by atoms with Gasteiger partial charge in [-0.3, -0.25) is 23.7 Å². The third-order valence-electron chi connectivity index (χ3n) is 7.25. The number of imide groups is 1. The minimum absolute atomic E-state index is 0.239. The van der Waals surface area contributed by atoms with E-state index in [1.165, 1.54) is 21.2 Å². The van der Waals surface area contributed by atoms with Crippen LogP contribution in [0.25, 0.3) is 0 Å². The van der Waals surface area contributed by atoms with Crippen LogP contribution in [0, 0.1) is 12.8 Å². The molecule has 3 atom stereocenters. The Hall–Kier alpha value is -3.86. The Morgan fingerprint density at radius 1 is 0.951 bits per heavy atom. The van der Waals surface area contributed by atoms with Gasteiger partial charge in [-0.1, -0.05) is 64.5 Å². The van der Waals surface area contributed by atoms with Gasteiger partial charge < -0.3 is 10.1 Å². The number of aromatic nitrogens is 1. The van der Waals surface area contributed by atoms with Crippen LogP contribution < -0.4 is 19.8 Å². The fourth-order valence-corrected chi connectivity index (χ4v) is 8.15. The number of carbonyl (C=O) groups is 3. The maximum Gasteiger partial charge on any atom is 0.308 e. The van der Waals surface area contributed by atoms with E-state index in [0.717, 1.165) is 22.5 Å². The number of thiazole rings is 1. The van der Waals surface area contributed by atoms with E-state index in [0.29, 0.717) is 32.1 Å². The van der Waals surface area contributed by atoms with Crippen molar-refractivity contribution in [1.82, 2.24) is 4.57 Å². The van der Waals surface area contributed by atoms with Crippen LogP contribution in [0.1, 0.15) is 21.9 Å². The smallest absolute Gasteiger partial charge is 0.308 e. The van der Waals surface area contributed by atoms with Gasteiger partial charge >= 0.3 is 4.87 Å². The summed E-state index contributed by atoms with van der Waals surface area (Å²) >= 11 is 8.14. The molecule has 3 aromatic carbocycles. The highest BCUT2D eigenvalue weighted by Crippen LogP contribution is 2.54. The van der Waals surface area contributed by atoms with E-state index in [-0.39, 0.29) is 23.2 Å². The molecule has 8 nitrogen and oxygen atoms in total. The molecular weight excluding hydrogens is 582 g/mol. The molecule has 11 heteroatoms. The number of hydrogen-bond acceptors (Lipinski definition) is 7. The summed E-state index contributed by atoms with van der Waals surface area (Å²) in [6, 6.07) is 21.2. The fourth-order valence-electron chi connectivity index (χ4n) is 5.25. The number of nitrogens with zero attached hydrogens (tertiary/aromatic N) is 2. The van der Waals surface area contributed by atoms with E-state index in [2.05, 4.69) is 5.32 Å². The molecule has 0 aliphatic carbocycles. The second-order valence-electron chi connectivity index (χ2n) is 9.84. The average Bonchev–Trinajstić information content (AvgIpc) is 3.41. The normalized spacial score (nSPS) is 19.6. The highest BCUT2D eigenvalue weighted by Gasteiger charge is 2.56. The second kappa shape index (κ2) is 10.8. The van der Waals surface area contributed by atoms with Gasteiger partial charge in [0.1, 0.15) is 17.5 Å². The maximum absolute atomic E-state index is 14.0. The van der Waals surface area contributed by atoms with Crippen molar-refractivity contribution in [2.24, 2.45) is 5.92 Å². The van der Waals surface area contributed by atoms with Crippen molar-refractivity contribution in [3.05, 3.63) is 103 Å². The third kappa shape index (κ3) is 4.96. The van der Waals surface area contributed by atoms with Crippen LogP contribution in [0.2, 0.25) is 5.02 Å². The van der Waals surface area contributed by atoms with Crippen molar-refractivity contribution in [3.8, 4) is 5.75 Å². The lowest BCUT2D eigenvalue weighted by molar-refractivity contribution is -0.122. The van der Waals surface area contributed by atoms with Gasteiger partial charge in [-0.2, -0.15) is 0 Å². The summed E-state index contributed by atoms with van der Waals surface area (Å²) in [4.78, 5) is 55.6. The molecule has 0 radical (unpaired) electrons. The highest BCUT2D eigenvalue weighted by molar-refractivity contribution is 8.00. The molecule has 1 N–H and O–H groups in total. The zero-order valence-electron chi connectivity index (χ0n) is 22.0. The Kier molecular flexibility index (Phi) is 7.23. The van der Waals surface area contributed by atoms with Crippen LogP contribution in [0.15, 0.2) is 82.6 Å². The van der Waals surface area contributed by atoms with Crippen LogP contribution in [0.3, 0.4) is 0 Å². The summed E-state index contributed by atoms with van der Waals surface area (Å²) < 4.78 is 6.72. The minimum Gasteiger partial charge on any atom is -0.497 e. The first-order valence-corrected chi connectivity index (χ1v) is 14.9. The molecule has 3 heterocycles. The third-order valence-corrected chi connectivity index (χ3v) is 10.1. The zero-order chi connectivity index (χ0) is 28.8. The Bertz CT molecular complexity index is 1720. The van der Waals surface area contributed by atoms with Crippen molar-refractivity contribution < 1.29 is 19.1 Å². The number of methoxy groups -OCH3 is 1. The summed E-state index contributed by atoms with van der Waals surface area (Å²) in [7, 11) is 1.57. The van der Waals surface area contributed by atoms with Gasteiger partial charge in [0.2, 0.25) is 17.7 Å². The molecule has 2 aliphatic heterocycles. The van der Waals surface area contributed by atoms with Gasteiger partial charge in [0.15, 0.2) is 0 Å². The van der Waals surface area contributed by atoms with Gasteiger partial charge in [0.05, 0.1) is 23.7 Å². The Balaban J connectivity index is 1.40. The number of amides is 3. The number of thioether (sulfide) groups is 1. The first-order valence-electron chi connectivity index (χ1n) is 12.8. The van der Waals surface area contributed by atoms with Crippen molar-refractivity contribution in [1.29, 1.82) is 0 Å². The molecule has 1 aromatic heterocycles. The molecule has 208 valence electrons. The maximum atomic E-state index is 14.0. The van der Waals surface area contributed by atoms with Gasteiger partial charge in [0, 0.05) is 21.5 Å². The monoisotopic (exact) mass is 605 g/mol. The lowest BCUT2D eigenvalue weighted by Gasteiger charge is -2.30. The van der Waals surface area contributed by atoms with E-state index < -0.39 is 23.0 Å². The number of benzene rings is 3. The molecule has 0 bridgehead atoms. The van der Waals surface area contributed by atoms with E-state index >= 15 is 0 Å². The molecule has 1 saturated heterocycles. The van der Waals surface area contributed by atoms with Crippen LogP contribution in [-0.4, -0.2) is 34.6 Å². The molecular formula is C30H24ClN3O5S2. The quantitative estimate of drug-likeness (QED) is 0.299. The predicted octanol–water partition coefficient (Wildman–Crippen LogP) is 5.31. The molecule has 3 amide bonds. The van der Waals surface area contributed by atoms with Crippen LogP contribution >= 0.6 is 34.7 Å². The molecule has 0 spiro atoms. The second-order valence-corrected chi connectivity index (χ2v) is 12.4. The number of halogens is 1. The number of fused-ring (bicyclic) bond motifs is 2. The number of anilines is 2. The predicted molar refractivity (Wildman–Crippen MR) is 160 cm³/mol. The number of rotatable bonds is 6. The molecule has 1 fully saturated rings. The van der Waals surface area contributed by atoms with Gasteiger partial charge in [0.25, 0.3) is 0 Å². The largest absolute Gasteiger partial charge is 0.497 e. The molecule has 41 heavy (non-hydrogen) atoms. The standard InChI is InChI=1S/C30H24ClN3O5S2/c1-16-3-11-20(12-4-16)34-27(36)24-23(17-5-13-21(39-2)14-6-17)26-29(40-25(24)28(34)37)33(30(38)41-26)15-22(35)32-19-9-7-18(31)8-10-19/h3-14,23-25H,15H2,1-2H3,(H,32,35)/t23-,24+,25-/m0/s1. The first kappa shape index (κ1) is 27.3. The van der Waals surface area contributed by atoms with Gasteiger partial charge in [-0.25, -0.2) is 4.90 Å². The molecule has 0 unspecified atom stereocenters. The molecule has 0 saturated carbocycles. The van der Waals surface area contributed by atoms with E-state index in [4.69, 9.17) is 16.3 Å². The number of ether oxygens (including phenoxy) is 1. The van der Waals surface area contributed by atoms with Crippen LogP contribution in [-0.2, 0) is 20.9 Å². The van der Waals surface area contributed by atoms with Crippen molar-refractivity contribution in [3.63, 3.8) is 0 Å². The molecule has 6 rings (SSSR count). The Morgan fingerprint density at radius 3 is 2.29 bits per heavy atom. The highest BCUT2D eigenvalue weighted by atomic mass is 35.5. The average molecular weight is 606 g/mol. The van der Waals surface area contributed by atoms with E-state index in [1.807, 2.05) is 31.2 Å². The number of carbonyl (C=O) groups excluding carboxylic acids is 3. The lowest BCUT2D eigenvalue weighted by Crippen LogP contribution is -2.33. The number of aryl methyl sites for hydroxylation is 1. The topological polar surface area (TPSA) is 97.7 Å². The first-order chi connectivity index (χ1) is 19.7. The fraction of sp³-hybridized carbons (Fsp3) is 0.200. The summed E-state index contributed by atoms with van der Waals surface area (Å²) in [5, 5.41) is 3.09. The van der Waals surface area contributed by atoms with Crippen molar-refractivity contribution in [2.45, 2.75) is 29.7 Å². The van der Waals surface area contributed by atoms with Crippen LogP contribution in [0.5, 0.6) is 5.75 Å². The summed E-state index contributed by atoms with van der Waals surface area (Å²) in [5.41, 5.74) is 2.86. The van der Waals surface area contributed by atoms with Gasteiger partial charge in [-0.05, 0) is 61.0 Å². The zero-order valence-corrected chi connectivity index (χ0v) is 24.4.